The molecule has 1 fully saturated rings. The number of alkyl carbamates (subject to hydrolysis) is 1. The monoisotopic (exact) mass is 378 g/mol. The number of carbonyl (C=O) groups excluding carboxylic acids is 3. The summed E-state index contributed by atoms with van der Waals surface area (Å²) in [4.78, 5) is 36.6. The van der Waals surface area contributed by atoms with Crippen molar-refractivity contribution < 1.29 is 28.6 Å². The summed E-state index contributed by atoms with van der Waals surface area (Å²) in [5.74, 6) is -1.80. The number of hydrogen-bond acceptors (Lipinski definition) is 7. The van der Waals surface area contributed by atoms with E-state index in [1.54, 1.807) is 32.9 Å². The van der Waals surface area contributed by atoms with Crippen LogP contribution in [0, 0.1) is 5.92 Å². The van der Waals surface area contributed by atoms with Gasteiger partial charge in [-0.25, -0.2) is 9.59 Å². The number of hydrogen-bond donors (Lipinski definition) is 2. The quantitative estimate of drug-likeness (QED) is 0.441. The van der Waals surface area contributed by atoms with E-state index >= 15 is 0 Å². The van der Waals surface area contributed by atoms with Crippen LogP contribution in [0.1, 0.15) is 32.8 Å². The van der Waals surface area contributed by atoms with Crippen LogP contribution in [0.15, 0.2) is 30.3 Å². The molecule has 1 amide bonds. The molecule has 148 valence electrons. The third-order valence-corrected chi connectivity index (χ3v) is 3.71. The second-order valence-corrected chi connectivity index (χ2v) is 7.25. The Morgan fingerprint density at radius 1 is 1.22 bits per heavy atom. The molecular weight excluding hydrogens is 352 g/mol. The van der Waals surface area contributed by atoms with E-state index in [0.29, 0.717) is 19.5 Å². The molecule has 0 aliphatic carbocycles. The minimum Gasteiger partial charge on any atom is -0.456 e. The Bertz CT molecular complexity index is 650. The van der Waals surface area contributed by atoms with Crippen molar-refractivity contribution in [1.29, 1.82) is 0 Å². The maximum atomic E-state index is 12.3. The maximum Gasteiger partial charge on any atom is 0.410 e. The van der Waals surface area contributed by atoms with E-state index in [1.165, 1.54) is 0 Å². The van der Waals surface area contributed by atoms with E-state index < -0.39 is 29.9 Å². The van der Waals surface area contributed by atoms with Crippen LogP contribution in [-0.4, -0.2) is 43.0 Å². The van der Waals surface area contributed by atoms with Crippen LogP contribution in [0.5, 0.6) is 0 Å². The lowest BCUT2D eigenvalue weighted by molar-refractivity contribution is -0.179. The van der Waals surface area contributed by atoms with Gasteiger partial charge in [-0.3, -0.25) is 10.1 Å². The molecule has 8 heteroatoms. The fourth-order valence-corrected chi connectivity index (χ4v) is 2.43. The Morgan fingerprint density at radius 3 is 2.52 bits per heavy atom. The van der Waals surface area contributed by atoms with Gasteiger partial charge in [-0.15, -0.1) is 0 Å². The molecule has 1 aliphatic rings. The molecule has 1 unspecified atom stereocenters. The van der Waals surface area contributed by atoms with Gasteiger partial charge in [0.05, 0.1) is 5.92 Å². The minimum atomic E-state index is -1.57. The summed E-state index contributed by atoms with van der Waals surface area (Å²) in [7, 11) is 0. The molecule has 1 aromatic rings. The lowest BCUT2D eigenvalue weighted by Crippen LogP contribution is -2.47. The summed E-state index contributed by atoms with van der Waals surface area (Å²) in [6, 6.07) is 9.08. The number of ether oxygens (including phenoxy) is 3. The van der Waals surface area contributed by atoms with Gasteiger partial charge in [0.1, 0.15) is 12.2 Å². The van der Waals surface area contributed by atoms with Gasteiger partial charge >= 0.3 is 18.0 Å². The molecule has 1 saturated heterocycles. The molecule has 2 rings (SSSR count). The molecule has 1 aliphatic heterocycles. The highest BCUT2D eigenvalue weighted by molar-refractivity contribution is 5.84. The van der Waals surface area contributed by atoms with Crippen molar-refractivity contribution in [2.45, 2.75) is 45.6 Å². The largest absolute Gasteiger partial charge is 0.456 e. The second kappa shape index (κ2) is 9.36. The molecule has 0 saturated carbocycles. The highest BCUT2D eigenvalue weighted by Gasteiger charge is 2.33. The Labute approximate surface area is 158 Å². The lowest BCUT2D eigenvalue weighted by atomic mass is 10.1. The molecule has 2 atom stereocenters. The van der Waals surface area contributed by atoms with E-state index in [0.717, 1.165) is 5.56 Å². The van der Waals surface area contributed by atoms with Gasteiger partial charge in [0, 0.05) is 6.54 Å². The molecule has 27 heavy (non-hydrogen) atoms. The molecule has 0 bridgehead atoms. The van der Waals surface area contributed by atoms with Crippen molar-refractivity contribution >= 4 is 18.0 Å². The van der Waals surface area contributed by atoms with Gasteiger partial charge in [0.2, 0.25) is 0 Å². The Hall–Kier alpha value is -2.61. The van der Waals surface area contributed by atoms with E-state index in [1.807, 2.05) is 18.2 Å². The normalized spacial score (nSPS) is 17.7. The number of esters is 2. The van der Waals surface area contributed by atoms with Crippen molar-refractivity contribution in [3.63, 3.8) is 0 Å². The molecule has 1 heterocycles. The Kier molecular flexibility index (Phi) is 7.18. The zero-order chi connectivity index (χ0) is 19.9. The van der Waals surface area contributed by atoms with Crippen molar-refractivity contribution in [1.82, 2.24) is 10.6 Å². The Balaban J connectivity index is 1.96. The highest BCUT2D eigenvalue weighted by atomic mass is 16.6. The molecule has 0 spiro atoms. The third kappa shape index (κ3) is 7.26. The van der Waals surface area contributed by atoms with Crippen LogP contribution in [0.4, 0.5) is 4.79 Å². The molecule has 2 N–H and O–H groups in total. The second-order valence-electron chi connectivity index (χ2n) is 7.25. The minimum absolute atomic E-state index is 0.0220. The van der Waals surface area contributed by atoms with E-state index in [-0.39, 0.29) is 12.5 Å². The average Bonchev–Trinajstić information content (AvgIpc) is 3.13. The summed E-state index contributed by atoms with van der Waals surface area (Å²) in [5, 5.41) is 5.31. The average molecular weight is 378 g/mol. The molecule has 0 radical (unpaired) electrons. The van der Waals surface area contributed by atoms with Crippen LogP contribution >= 0.6 is 0 Å². The van der Waals surface area contributed by atoms with Gasteiger partial charge in [-0.05, 0) is 39.3 Å². The first-order valence-electron chi connectivity index (χ1n) is 8.86. The standard InChI is InChI=1S/C19H26N2O6/c1-19(2,3)27-17(23)15(26-16(22)14-9-10-20-11-14)21-18(24)25-12-13-7-5-4-6-8-13/h4-8,14-15,20H,9-12H2,1-3H3,(H,21,24)/t14?,15-/m0/s1. The summed E-state index contributed by atoms with van der Waals surface area (Å²) in [6.07, 6.45) is -1.84. The fraction of sp³-hybridized carbons (Fsp3) is 0.526. The predicted molar refractivity (Wildman–Crippen MR) is 96.5 cm³/mol. The molecular formula is C19H26N2O6. The first-order valence-corrected chi connectivity index (χ1v) is 8.86. The van der Waals surface area contributed by atoms with E-state index in [9.17, 15) is 14.4 Å². The summed E-state index contributed by atoms with van der Waals surface area (Å²) in [5.41, 5.74) is -0.0118. The van der Waals surface area contributed by atoms with Crippen molar-refractivity contribution in [3.8, 4) is 0 Å². The topological polar surface area (TPSA) is 103 Å². The smallest absolute Gasteiger partial charge is 0.410 e. The third-order valence-electron chi connectivity index (χ3n) is 3.71. The zero-order valence-electron chi connectivity index (χ0n) is 15.8. The number of rotatable bonds is 6. The number of amides is 1. The number of carbonyl (C=O) groups is 3. The van der Waals surface area contributed by atoms with Crippen LogP contribution < -0.4 is 10.6 Å². The fourth-order valence-electron chi connectivity index (χ4n) is 2.43. The van der Waals surface area contributed by atoms with Crippen molar-refractivity contribution in [2.24, 2.45) is 5.92 Å². The first kappa shape index (κ1) is 20.7. The SMILES string of the molecule is CC(C)(C)OC(=O)[C@@H](NC(=O)OCc1ccccc1)OC(=O)C1CCNC1. The zero-order valence-corrected chi connectivity index (χ0v) is 15.8. The Morgan fingerprint density at radius 2 is 1.93 bits per heavy atom. The first-order chi connectivity index (χ1) is 12.7. The maximum absolute atomic E-state index is 12.3. The summed E-state index contributed by atoms with van der Waals surface area (Å²) in [6.45, 7) is 6.23. The van der Waals surface area contributed by atoms with Crippen LogP contribution in [0.3, 0.4) is 0 Å². The number of nitrogens with one attached hydrogen (secondary N) is 2. The molecule has 8 nitrogen and oxygen atoms in total. The van der Waals surface area contributed by atoms with Crippen LogP contribution in [0.25, 0.3) is 0 Å². The molecule has 1 aromatic carbocycles. The highest BCUT2D eigenvalue weighted by Crippen LogP contribution is 2.13. The van der Waals surface area contributed by atoms with Crippen LogP contribution in [-0.2, 0) is 30.4 Å². The van der Waals surface area contributed by atoms with Gasteiger partial charge in [-0.2, -0.15) is 0 Å². The van der Waals surface area contributed by atoms with E-state index in [2.05, 4.69) is 10.6 Å². The van der Waals surface area contributed by atoms with E-state index in [4.69, 9.17) is 14.2 Å². The summed E-state index contributed by atoms with van der Waals surface area (Å²) >= 11 is 0. The van der Waals surface area contributed by atoms with Gasteiger partial charge in [-0.1, -0.05) is 30.3 Å². The number of benzene rings is 1. The van der Waals surface area contributed by atoms with Gasteiger partial charge in [0.15, 0.2) is 0 Å². The summed E-state index contributed by atoms with van der Waals surface area (Å²) < 4.78 is 15.5. The van der Waals surface area contributed by atoms with Crippen LogP contribution in [0.2, 0.25) is 0 Å². The van der Waals surface area contributed by atoms with Crippen molar-refractivity contribution in [2.75, 3.05) is 13.1 Å². The predicted octanol–water partition coefficient (Wildman–Crippen LogP) is 1.73. The molecule has 0 aromatic heterocycles. The lowest BCUT2D eigenvalue weighted by Gasteiger charge is -2.24. The van der Waals surface area contributed by atoms with Crippen molar-refractivity contribution in [3.05, 3.63) is 35.9 Å². The van der Waals surface area contributed by atoms with Gasteiger partial charge in [0.25, 0.3) is 6.23 Å². The van der Waals surface area contributed by atoms with Gasteiger partial charge < -0.3 is 19.5 Å².